The molecule has 0 aromatic heterocycles. The second kappa shape index (κ2) is 5.33. The quantitative estimate of drug-likeness (QED) is 0.847. The second-order valence-electron chi connectivity index (χ2n) is 5.17. The lowest BCUT2D eigenvalue weighted by molar-refractivity contribution is -0.0512. The summed E-state index contributed by atoms with van der Waals surface area (Å²) in [6.07, 6.45) is 1.79. The van der Waals surface area contributed by atoms with Crippen molar-refractivity contribution in [1.82, 2.24) is 5.32 Å². The number of alkyl halides is 2. The number of nitrogens with one attached hydrogen (secondary N) is 1. The van der Waals surface area contributed by atoms with Crippen LogP contribution >= 0.6 is 0 Å². The van der Waals surface area contributed by atoms with Crippen LogP contribution in [0.3, 0.4) is 0 Å². The van der Waals surface area contributed by atoms with Crippen molar-refractivity contribution in [3.63, 3.8) is 0 Å². The SMILES string of the molecule is Cc1ccc(C2CC(NCC(F)(F)CO)C2)cc1. The van der Waals surface area contributed by atoms with E-state index in [1.54, 1.807) is 0 Å². The summed E-state index contributed by atoms with van der Waals surface area (Å²) in [5, 5.41) is 11.3. The van der Waals surface area contributed by atoms with E-state index in [1.165, 1.54) is 11.1 Å². The van der Waals surface area contributed by atoms with E-state index < -0.39 is 19.1 Å². The fourth-order valence-corrected chi connectivity index (χ4v) is 2.24. The summed E-state index contributed by atoms with van der Waals surface area (Å²) in [5.74, 6) is -2.53. The van der Waals surface area contributed by atoms with Gasteiger partial charge in [0.05, 0.1) is 6.54 Å². The van der Waals surface area contributed by atoms with Gasteiger partial charge in [0, 0.05) is 6.04 Å². The number of rotatable bonds is 5. The molecule has 0 radical (unpaired) electrons. The Kier molecular flexibility index (Phi) is 3.97. The number of halogens is 2. The summed E-state index contributed by atoms with van der Waals surface area (Å²) < 4.78 is 25.7. The molecule has 0 aliphatic heterocycles. The molecule has 0 bridgehead atoms. The molecule has 1 saturated carbocycles. The Morgan fingerprint density at radius 1 is 1.28 bits per heavy atom. The first kappa shape index (κ1) is 13.4. The summed E-state index contributed by atoms with van der Waals surface area (Å²) >= 11 is 0. The Balaban J connectivity index is 1.75. The summed E-state index contributed by atoms with van der Waals surface area (Å²) in [4.78, 5) is 0. The highest BCUT2D eigenvalue weighted by Gasteiger charge is 2.34. The van der Waals surface area contributed by atoms with Gasteiger partial charge in [0.25, 0.3) is 5.92 Å². The van der Waals surface area contributed by atoms with Gasteiger partial charge in [0.1, 0.15) is 6.61 Å². The molecule has 2 N–H and O–H groups in total. The maximum absolute atomic E-state index is 12.8. The number of aliphatic hydroxyl groups is 1. The van der Waals surface area contributed by atoms with Crippen LogP contribution < -0.4 is 5.32 Å². The van der Waals surface area contributed by atoms with E-state index in [2.05, 4.69) is 29.6 Å². The summed E-state index contributed by atoms with van der Waals surface area (Å²) in [6.45, 7) is 0.523. The number of benzene rings is 1. The minimum absolute atomic E-state index is 0.147. The molecule has 1 aliphatic carbocycles. The lowest BCUT2D eigenvalue weighted by Gasteiger charge is -2.37. The third-order valence-corrected chi connectivity index (χ3v) is 3.57. The zero-order chi connectivity index (χ0) is 13.2. The van der Waals surface area contributed by atoms with E-state index in [1.807, 2.05) is 6.92 Å². The molecule has 0 amide bonds. The first-order valence-electron chi connectivity index (χ1n) is 6.29. The molecule has 0 saturated heterocycles. The maximum Gasteiger partial charge on any atom is 0.282 e. The van der Waals surface area contributed by atoms with E-state index in [-0.39, 0.29) is 6.04 Å². The molecule has 0 unspecified atom stereocenters. The average Bonchev–Trinajstić information content (AvgIpc) is 2.29. The number of aryl methyl sites for hydroxylation is 1. The second-order valence-corrected chi connectivity index (χ2v) is 5.17. The molecule has 1 aromatic carbocycles. The first-order valence-corrected chi connectivity index (χ1v) is 6.29. The number of hydrogen-bond donors (Lipinski definition) is 2. The largest absolute Gasteiger partial charge is 0.390 e. The van der Waals surface area contributed by atoms with Crippen LogP contribution in [-0.4, -0.2) is 30.2 Å². The summed E-state index contributed by atoms with van der Waals surface area (Å²) in [6, 6.07) is 8.53. The maximum atomic E-state index is 12.8. The van der Waals surface area contributed by atoms with Crippen molar-refractivity contribution in [2.45, 2.75) is 37.6 Å². The minimum atomic E-state index is -3.01. The topological polar surface area (TPSA) is 32.3 Å². The van der Waals surface area contributed by atoms with Crippen LogP contribution in [0.25, 0.3) is 0 Å². The summed E-state index contributed by atoms with van der Waals surface area (Å²) in [7, 11) is 0. The van der Waals surface area contributed by atoms with Crippen molar-refractivity contribution >= 4 is 0 Å². The van der Waals surface area contributed by atoms with Gasteiger partial charge in [-0.1, -0.05) is 29.8 Å². The highest BCUT2D eigenvalue weighted by molar-refractivity contribution is 5.26. The van der Waals surface area contributed by atoms with Crippen molar-refractivity contribution in [2.75, 3.05) is 13.2 Å². The van der Waals surface area contributed by atoms with Gasteiger partial charge >= 0.3 is 0 Å². The molecule has 4 heteroatoms. The number of hydrogen-bond acceptors (Lipinski definition) is 2. The van der Waals surface area contributed by atoms with Crippen LogP contribution in [0.1, 0.15) is 29.9 Å². The van der Waals surface area contributed by atoms with Crippen molar-refractivity contribution in [1.29, 1.82) is 0 Å². The van der Waals surface area contributed by atoms with Crippen LogP contribution in [0, 0.1) is 6.92 Å². The van der Waals surface area contributed by atoms with E-state index in [0.717, 1.165) is 12.8 Å². The van der Waals surface area contributed by atoms with E-state index in [9.17, 15) is 8.78 Å². The third-order valence-electron chi connectivity index (χ3n) is 3.57. The Bertz CT molecular complexity index is 385. The molecule has 2 nitrogen and oxygen atoms in total. The molecule has 18 heavy (non-hydrogen) atoms. The predicted octanol–water partition coefficient (Wildman–Crippen LogP) is 2.46. The number of aliphatic hydroxyl groups excluding tert-OH is 1. The molecule has 2 rings (SSSR count). The highest BCUT2D eigenvalue weighted by atomic mass is 19.3. The van der Waals surface area contributed by atoms with Crippen LogP contribution in [-0.2, 0) is 0 Å². The van der Waals surface area contributed by atoms with Crippen LogP contribution in [0.4, 0.5) is 8.78 Å². The van der Waals surface area contributed by atoms with Gasteiger partial charge in [-0.2, -0.15) is 0 Å². The van der Waals surface area contributed by atoms with Gasteiger partial charge in [0.15, 0.2) is 0 Å². The molecule has 0 atom stereocenters. The normalized spacial score (nSPS) is 23.8. The Hall–Kier alpha value is -1.00. The molecular weight excluding hydrogens is 236 g/mol. The predicted molar refractivity (Wildman–Crippen MR) is 67.0 cm³/mol. The van der Waals surface area contributed by atoms with Crippen molar-refractivity contribution in [2.24, 2.45) is 0 Å². The van der Waals surface area contributed by atoms with Gasteiger partial charge in [0.2, 0.25) is 0 Å². The summed E-state index contributed by atoms with van der Waals surface area (Å²) in [5.41, 5.74) is 2.52. The van der Waals surface area contributed by atoms with Crippen LogP contribution in [0.2, 0.25) is 0 Å². The van der Waals surface area contributed by atoms with E-state index >= 15 is 0 Å². The van der Waals surface area contributed by atoms with E-state index in [4.69, 9.17) is 5.11 Å². The average molecular weight is 255 g/mol. The van der Waals surface area contributed by atoms with Gasteiger partial charge in [-0.25, -0.2) is 8.78 Å². The lowest BCUT2D eigenvalue weighted by atomic mass is 9.75. The monoisotopic (exact) mass is 255 g/mol. The zero-order valence-corrected chi connectivity index (χ0v) is 10.5. The smallest absolute Gasteiger partial charge is 0.282 e. The van der Waals surface area contributed by atoms with Crippen molar-refractivity contribution in [3.8, 4) is 0 Å². The zero-order valence-electron chi connectivity index (χ0n) is 10.5. The van der Waals surface area contributed by atoms with Crippen molar-refractivity contribution < 1.29 is 13.9 Å². The van der Waals surface area contributed by atoms with Gasteiger partial charge < -0.3 is 10.4 Å². The molecule has 0 heterocycles. The Morgan fingerprint density at radius 3 is 2.44 bits per heavy atom. The standard InChI is InChI=1S/C14H19F2NO/c1-10-2-4-11(5-3-10)12-6-13(7-12)17-8-14(15,16)9-18/h2-5,12-13,17-18H,6-9H2,1H3. The minimum Gasteiger partial charge on any atom is -0.390 e. The fraction of sp³-hybridized carbons (Fsp3) is 0.571. The first-order chi connectivity index (χ1) is 8.50. The molecule has 1 fully saturated rings. The molecule has 100 valence electrons. The Morgan fingerprint density at radius 2 is 1.89 bits per heavy atom. The van der Waals surface area contributed by atoms with Crippen LogP contribution in [0.15, 0.2) is 24.3 Å². The van der Waals surface area contributed by atoms with Gasteiger partial charge in [-0.3, -0.25) is 0 Å². The van der Waals surface area contributed by atoms with E-state index in [0.29, 0.717) is 5.92 Å². The fourth-order valence-electron chi connectivity index (χ4n) is 2.24. The third kappa shape index (κ3) is 3.27. The molecule has 1 aromatic rings. The van der Waals surface area contributed by atoms with Crippen molar-refractivity contribution in [3.05, 3.63) is 35.4 Å². The lowest BCUT2D eigenvalue weighted by Crippen LogP contribution is -2.46. The Labute approximate surface area is 106 Å². The van der Waals surface area contributed by atoms with Gasteiger partial charge in [-0.05, 0) is 31.2 Å². The van der Waals surface area contributed by atoms with Crippen LogP contribution in [0.5, 0.6) is 0 Å². The molecular formula is C14H19F2NO. The molecule has 0 spiro atoms. The molecule has 1 aliphatic rings. The van der Waals surface area contributed by atoms with Gasteiger partial charge in [-0.15, -0.1) is 0 Å². The highest BCUT2D eigenvalue weighted by Crippen LogP contribution is 2.37.